The van der Waals surface area contributed by atoms with E-state index in [0.29, 0.717) is 0 Å². The third kappa shape index (κ3) is 3.08. The lowest BCUT2D eigenvalue weighted by atomic mass is 10.1. The minimum atomic E-state index is -1.26. The SMILES string of the molecule is O=C(O)c1ccc(F)c(NC(=O)c2ccc(O)c(O)c2)c1. The molecule has 0 radical (unpaired) electrons. The Bertz CT molecular complexity index is 729. The number of hydrogen-bond donors (Lipinski definition) is 4. The van der Waals surface area contributed by atoms with Gasteiger partial charge in [0, 0.05) is 5.56 Å². The van der Waals surface area contributed by atoms with E-state index in [4.69, 9.17) is 10.2 Å². The van der Waals surface area contributed by atoms with E-state index in [9.17, 15) is 19.1 Å². The Morgan fingerprint density at radius 3 is 2.24 bits per heavy atom. The van der Waals surface area contributed by atoms with Gasteiger partial charge in [0.15, 0.2) is 11.5 Å². The van der Waals surface area contributed by atoms with E-state index in [2.05, 4.69) is 5.32 Å². The minimum absolute atomic E-state index is 0.0228. The van der Waals surface area contributed by atoms with Crippen LogP contribution in [0.25, 0.3) is 0 Å². The van der Waals surface area contributed by atoms with Crippen molar-refractivity contribution in [2.45, 2.75) is 0 Å². The second kappa shape index (κ2) is 5.49. The zero-order valence-electron chi connectivity index (χ0n) is 10.5. The van der Waals surface area contributed by atoms with E-state index in [0.717, 1.165) is 30.3 Å². The summed E-state index contributed by atoms with van der Waals surface area (Å²) in [6.45, 7) is 0. The number of aromatic hydroxyl groups is 2. The summed E-state index contributed by atoms with van der Waals surface area (Å²) in [7, 11) is 0. The molecule has 0 aliphatic rings. The number of carbonyl (C=O) groups excluding carboxylic acids is 1. The molecule has 0 fully saturated rings. The number of halogens is 1. The first-order chi connectivity index (χ1) is 9.88. The van der Waals surface area contributed by atoms with Gasteiger partial charge in [0.2, 0.25) is 0 Å². The Morgan fingerprint density at radius 2 is 1.62 bits per heavy atom. The molecule has 0 saturated carbocycles. The predicted molar refractivity (Wildman–Crippen MR) is 71.1 cm³/mol. The number of anilines is 1. The third-order valence-electron chi connectivity index (χ3n) is 2.70. The van der Waals surface area contributed by atoms with Crippen LogP contribution < -0.4 is 5.32 Å². The van der Waals surface area contributed by atoms with Gasteiger partial charge in [-0.05, 0) is 36.4 Å². The lowest BCUT2D eigenvalue weighted by Gasteiger charge is -2.08. The zero-order valence-corrected chi connectivity index (χ0v) is 10.5. The van der Waals surface area contributed by atoms with Gasteiger partial charge in [-0.25, -0.2) is 9.18 Å². The smallest absolute Gasteiger partial charge is 0.335 e. The number of carboxylic acids is 1. The van der Waals surface area contributed by atoms with Crippen molar-refractivity contribution in [2.75, 3.05) is 5.32 Å². The molecule has 1 amide bonds. The summed E-state index contributed by atoms with van der Waals surface area (Å²) in [5, 5.41) is 29.5. The summed E-state index contributed by atoms with van der Waals surface area (Å²) >= 11 is 0. The maximum atomic E-state index is 13.6. The number of carboxylic acid groups (broad SMARTS) is 1. The highest BCUT2D eigenvalue weighted by Gasteiger charge is 2.13. The normalized spacial score (nSPS) is 10.1. The van der Waals surface area contributed by atoms with Crippen LogP contribution in [0.2, 0.25) is 0 Å². The molecule has 0 aliphatic heterocycles. The molecule has 2 aromatic carbocycles. The second-order valence-corrected chi connectivity index (χ2v) is 4.16. The molecule has 2 aromatic rings. The average Bonchev–Trinajstić information content (AvgIpc) is 2.43. The Morgan fingerprint density at radius 1 is 0.952 bits per heavy atom. The van der Waals surface area contributed by atoms with E-state index < -0.39 is 29.2 Å². The number of phenols is 2. The van der Waals surface area contributed by atoms with Gasteiger partial charge in [-0.15, -0.1) is 0 Å². The number of amides is 1. The average molecular weight is 291 g/mol. The van der Waals surface area contributed by atoms with Crippen molar-refractivity contribution in [3.63, 3.8) is 0 Å². The maximum absolute atomic E-state index is 13.6. The molecule has 0 aromatic heterocycles. The predicted octanol–water partition coefficient (Wildman–Crippen LogP) is 2.19. The zero-order chi connectivity index (χ0) is 15.6. The summed E-state index contributed by atoms with van der Waals surface area (Å²) in [5.41, 5.74) is -0.502. The van der Waals surface area contributed by atoms with Crippen LogP contribution >= 0.6 is 0 Å². The monoisotopic (exact) mass is 291 g/mol. The van der Waals surface area contributed by atoms with Gasteiger partial charge in [0.25, 0.3) is 5.91 Å². The van der Waals surface area contributed by atoms with E-state index in [1.807, 2.05) is 0 Å². The number of carbonyl (C=O) groups is 2. The molecular weight excluding hydrogens is 281 g/mol. The topological polar surface area (TPSA) is 107 Å². The summed E-state index contributed by atoms with van der Waals surface area (Å²) in [4.78, 5) is 22.7. The van der Waals surface area contributed by atoms with Gasteiger partial charge in [-0.1, -0.05) is 0 Å². The molecule has 0 aliphatic carbocycles. The van der Waals surface area contributed by atoms with Crippen molar-refractivity contribution in [3.8, 4) is 11.5 Å². The molecule has 4 N–H and O–H groups in total. The lowest BCUT2D eigenvalue weighted by molar-refractivity contribution is 0.0696. The van der Waals surface area contributed by atoms with Crippen molar-refractivity contribution >= 4 is 17.6 Å². The molecule has 2 rings (SSSR count). The van der Waals surface area contributed by atoms with Crippen LogP contribution in [0, 0.1) is 5.82 Å². The number of rotatable bonds is 3. The van der Waals surface area contributed by atoms with Crippen LogP contribution in [0.15, 0.2) is 36.4 Å². The van der Waals surface area contributed by atoms with Crippen LogP contribution in [-0.2, 0) is 0 Å². The molecule has 0 spiro atoms. The molecule has 0 saturated heterocycles. The molecule has 0 atom stereocenters. The fraction of sp³-hybridized carbons (Fsp3) is 0. The lowest BCUT2D eigenvalue weighted by Crippen LogP contribution is -2.13. The van der Waals surface area contributed by atoms with Gasteiger partial charge in [0.05, 0.1) is 11.3 Å². The largest absolute Gasteiger partial charge is 0.504 e. The third-order valence-corrected chi connectivity index (χ3v) is 2.70. The van der Waals surface area contributed by atoms with Gasteiger partial charge >= 0.3 is 5.97 Å². The second-order valence-electron chi connectivity index (χ2n) is 4.16. The van der Waals surface area contributed by atoms with E-state index >= 15 is 0 Å². The highest BCUT2D eigenvalue weighted by Crippen LogP contribution is 2.25. The number of benzene rings is 2. The Kier molecular flexibility index (Phi) is 3.75. The minimum Gasteiger partial charge on any atom is -0.504 e. The maximum Gasteiger partial charge on any atom is 0.335 e. The molecule has 0 unspecified atom stereocenters. The van der Waals surface area contributed by atoms with Crippen molar-refractivity contribution in [1.29, 1.82) is 0 Å². The Hall–Kier alpha value is -3.09. The summed E-state index contributed by atoms with van der Waals surface area (Å²) in [6.07, 6.45) is 0. The number of nitrogens with one attached hydrogen (secondary N) is 1. The highest BCUT2D eigenvalue weighted by molar-refractivity contribution is 6.05. The summed E-state index contributed by atoms with van der Waals surface area (Å²) in [6, 6.07) is 6.31. The first-order valence-electron chi connectivity index (χ1n) is 5.74. The molecule has 0 heterocycles. The molecule has 0 bridgehead atoms. The van der Waals surface area contributed by atoms with E-state index in [1.54, 1.807) is 0 Å². The summed E-state index contributed by atoms with van der Waals surface area (Å²) < 4.78 is 13.6. The number of aromatic carboxylic acids is 1. The molecule has 108 valence electrons. The van der Waals surface area contributed by atoms with Gasteiger partial charge in [-0.2, -0.15) is 0 Å². The Labute approximate surface area is 118 Å². The van der Waals surface area contributed by atoms with Crippen molar-refractivity contribution < 1.29 is 29.3 Å². The molecule has 6 nitrogen and oxygen atoms in total. The molecular formula is C14H10FNO5. The fourth-order valence-electron chi connectivity index (χ4n) is 1.61. The van der Waals surface area contributed by atoms with Crippen molar-refractivity contribution in [3.05, 3.63) is 53.3 Å². The number of phenolic OH excluding ortho intramolecular Hbond substituents is 2. The fourth-order valence-corrected chi connectivity index (χ4v) is 1.61. The molecule has 21 heavy (non-hydrogen) atoms. The Balaban J connectivity index is 2.28. The first-order valence-corrected chi connectivity index (χ1v) is 5.74. The standard InChI is InChI=1S/C14H10FNO5/c15-9-3-1-8(14(20)21)5-10(9)16-13(19)7-2-4-11(17)12(18)6-7/h1-6,17-18H,(H,16,19)(H,20,21). The molecule has 7 heteroatoms. The van der Waals surface area contributed by atoms with E-state index in [-0.39, 0.29) is 16.8 Å². The first kappa shape index (κ1) is 14.3. The van der Waals surface area contributed by atoms with Crippen LogP contribution in [0.3, 0.4) is 0 Å². The van der Waals surface area contributed by atoms with Crippen molar-refractivity contribution in [2.24, 2.45) is 0 Å². The number of hydrogen-bond acceptors (Lipinski definition) is 4. The van der Waals surface area contributed by atoms with Crippen LogP contribution in [0.5, 0.6) is 11.5 Å². The van der Waals surface area contributed by atoms with Crippen LogP contribution in [-0.4, -0.2) is 27.2 Å². The highest BCUT2D eigenvalue weighted by atomic mass is 19.1. The van der Waals surface area contributed by atoms with Gasteiger partial charge in [-0.3, -0.25) is 4.79 Å². The van der Waals surface area contributed by atoms with Crippen LogP contribution in [0.4, 0.5) is 10.1 Å². The quantitative estimate of drug-likeness (QED) is 0.648. The summed E-state index contributed by atoms with van der Waals surface area (Å²) in [5.74, 6) is -3.70. The van der Waals surface area contributed by atoms with Gasteiger partial charge < -0.3 is 20.6 Å². The van der Waals surface area contributed by atoms with Crippen molar-refractivity contribution in [1.82, 2.24) is 0 Å². The van der Waals surface area contributed by atoms with Crippen LogP contribution in [0.1, 0.15) is 20.7 Å². The van der Waals surface area contributed by atoms with E-state index in [1.165, 1.54) is 6.07 Å². The van der Waals surface area contributed by atoms with Gasteiger partial charge in [0.1, 0.15) is 5.82 Å².